The number of carbonyl (C=O) groups excluding carboxylic acids is 2. The number of nitrogens with one attached hydrogen (secondary N) is 1. The van der Waals surface area contributed by atoms with Gasteiger partial charge in [-0.05, 0) is 32.7 Å². The maximum absolute atomic E-state index is 11.5. The first kappa shape index (κ1) is 12.9. The van der Waals surface area contributed by atoms with Crippen molar-refractivity contribution in [3.05, 3.63) is 0 Å². The van der Waals surface area contributed by atoms with E-state index in [0.717, 1.165) is 19.4 Å². The number of imide groups is 1. The molecule has 0 heterocycles. The number of urea groups is 1. The molecule has 0 radical (unpaired) electrons. The summed E-state index contributed by atoms with van der Waals surface area (Å²) in [6, 6.07) is -0.853. The van der Waals surface area contributed by atoms with Crippen LogP contribution in [0.3, 0.4) is 0 Å². The van der Waals surface area contributed by atoms with Gasteiger partial charge in [0.05, 0.1) is 6.04 Å². The number of hydrogen-bond donors (Lipinski definition) is 3. The molecule has 3 amide bonds. The third-order valence-corrected chi connectivity index (χ3v) is 3.11. The van der Waals surface area contributed by atoms with Gasteiger partial charge in [0.1, 0.15) is 0 Å². The minimum Gasteiger partial charge on any atom is -0.351 e. The Labute approximate surface area is 95.3 Å². The van der Waals surface area contributed by atoms with Crippen molar-refractivity contribution >= 4 is 11.9 Å². The molecule has 1 saturated carbocycles. The van der Waals surface area contributed by atoms with E-state index in [0.29, 0.717) is 12.0 Å². The molecule has 5 N–H and O–H groups in total. The second-order valence-electron chi connectivity index (χ2n) is 4.57. The number of hydrogen-bond acceptors (Lipinski definition) is 4. The molecule has 6 nitrogen and oxygen atoms in total. The van der Waals surface area contributed by atoms with Crippen molar-refractivity contribution in [1.82, 2.24) is 10.2 Å². The number of nitrogens with two attached hydrogens (primary N) is 2. The number of amides is 3. The Kier molecular flexibility index (Phi) is 4.26. The minimum absolute atomic E-state index is 0.313. The predicted molar refractivity (Wildman–Crippen MR) is 60.5 cm³/mol. The molecule has 0 bridgehead atoms. The largest absolute Gasteiger partial charge is 0.351 e. The predicted octanol–water partition coefficient (Wildman–Crippen LogP) is -0.761. The van der Waals surface area contributed by atoms with Crippen molar-refractivity contribution in [3.8, 4) is 0 Å². The van der Waals surface area contributed by atoms with Crippen LogP contribution in [0, 0.1) is 5.92 Å². The normalized spacial score (nSPS) is 26.0. The maximum atomic E-state index is 11.5. The molecular weight excluding hydrogens is 208 g/mol. The van der Waals surface area contributed by atoms with Crippen LogP contribution in [-0.4, -0.2) is 42.5 Å². The third-order valence-electron chi connectivity index (χ3n) is 3.11. The smallest absolute Gasteiger partial charge is 0.318 e. The van der Waals surface area contributed by atoms with Crippen molar-refractivity contribution in [2.75, 3.05) is 13.6 Å². The summed E-state index contributed by atoms with van der Waals surface area (Å²) in [6.45, 7) is 2.57. The monoisotopic (exact) mass is 228 g/mol. The molecular formula is C10H20N4O2. The Morgan fingerprint density at radius 3 is 2.50 bits per heavy atom. The SMILES string of the molecule is CC(C(=O)NC(N)=O)N(C)CC1CC(N)C1. The summed E-state index contributed by atoms with van der Waals surface area (Å²) in [5, 5.41) is 2.08. The van der Waals surface area contributed by atoms with E-state index in [1.165, 1.54) is 0 Å². The minimum atomic E-state index is -0.809. The summed E-state index contributed by atoms with van der Waals surface area (Å²) in [7, 11) is 1.86. The van der Waals surface area contributed by atoms with Crippen LogP contribution < -0.4 is 16.8 Å². The van der Waals surface area contributed by atoms with Gasteiger partial charge in [0.25, 0.3) is 0 Å². The molecule has 1 rings (SSSR count). The van der Waals surface area contributed by atoms with Gasteiger partial charge in [-0.1, -0.05) is 0 Å². The summed E-state index contributed by atoms with van der Waals surface area (Å²) >= 11 is 0. The van der Waals surface area contributed by atoms with Gasteiger partial charge < -0.3 is 11.5 Å². The van der Waals surface area contributed by atoms with Crippen LogP contribution in [0.5, 0.6) is 0 Å². The summed E-state index contributed by atoms with van der Waals surface area (Å²) in [4.78, 5) is 23.9. The lowest BCUT2D eigenvalue weighted by molar-refractivity contribution is -0.124. The summed E-state index contributed by atoms with van der Waals surface area (Å²) in [6.07, 6.45) is 2.02. The first-order valence-corrected chi connectivity index (χ1v) is 5.46. The standard InChI is InChI=1S/C10H20N4O2/c1-6(9(15)13-10(12)16)14(2)5-7-3-8(11)4-7/h6-8H,3-5,11H2,1-2H3,(H3,12,13,15,16). The van der Waals surface area contributed by atoms with Gasteiger partial charge in [0, 0.05) is 12.6 Å². The number of rotatable bonds is 4. The lowest BCUT2D eigenvalue weighted by Gasteiger charge is -2.36. The van der Waals surface area contributed by atoms with Crippen molar-refractivity contribution in [1.29, 1.82) is 0 Å². The number of likely N-dealkylation sites (N-methyl/N-ethyl adjacent to an activating group) is 1. The first-order valence-electron chi connectivity index (χ1n) is 5.46. The second kappa shape index (κ2) is 5.27. The van der Waals surface area contributed by atoms with Crippen LogP contribution >= 0.6 is 0 Å². The Hall–Kier alpha value is -1.14. The number of primary amides is 1. The van der Waals surface area contributed by atoms with Gasteiger partial charge in [0.2, 0.25) is 5.91 Å². The average Bonchev–Trinajstić information content (AvgIpc) is 2.12. The Morgan fingerprint density at radius 2 is 2.06 bits per heavy atom. The Bertz CT molecular complexity index is 276. The zero-order valence-electron chi connectivity index (χ0n) is 9.77. The van der Waals surface area contributed by atoms with E-state index in [2.05, 4.69) is 5.32 Å². The van der Waals surface area contributed by atoms with Crippen molar-refractivity contribution in [2.24, 2.45) is 17.4 Å². The van der Waals surface area contributed by atoms with Gasteiger partial charge in [-0.15, -0.1) is 0 Å². The van der Waals surface area contributed by atoms with E-state index in [1.807, 2.05) is 11.9 Å². The van der Waals surface area contributed by atoms with Gasteiger partial charge in [-0.3, -0.25) is 15.0 Å². The fraction of sp³-hybridized carbons (Fsp3) is 0.800. The fourth-order valence-corrected chi connectivity index (χ4v) is 1.93. The topological polar surface area (TPSA) is 101 Å². The van der Waals surface area contributed by atoms with E-state index in [-0.39, 0.29) is 11.9 Å². The van der Waals surface area contributed by atoms with Crippen LogP contribution in [-0.2, 0) is 4.79 Å². The van der Waals surface area contributed by atoms with Gasteiger partial charge >= 0.3 is 6.03 Å². The van der Waals surface area contributed by atoms with Crippen molar-refractivity contribution in [3.63, 3.8) is 0 Å². The van der Waals surface area contributed by atoms with E-state index in [4.69, 9.17) is 11.5 Å². The van der Waals surface area contributed by atoms with Crippen LogP contribution in [0.25, 0.3) is 0 Å². The highest BCUT2D eigenvalue weighted by Crippen LogP contribution is 2.26. The lowest BCUT2D eigenvalue weighted by atomic mass is 9.80. The highest BCUT2D eigenvalue weighted by molar-refractivity contribution is 5.96. The summed E-state index contributed by atoms with van der Waals surface area (Å²) in [5.74, 6) is 0.197. The van der Waals surface area contributed by atoms with Gasteiger partial charge in [-0.25, -0.2) is 4.79 Å². The van der Waals surface area contributed by atoms with Crippen LogP contribution in [0.1, 0.15) is 19.8 Å². The zero-order valence-corrected chi connectivity index (χ0v) is 9.77. The van der Waals surface area contributed by atoms with E-state index in [9.17, 15) is 9.59 Å². The highest BCUT2D eigenvalue weighted by Gasteiger charge is 2.29. The van der Waals surface area contributed by atoms with Crippen LogP contribution in [0.4, 0.5) is 4.79 Å². The lowest BCUT2D eigenvalue weighted by Crippen LogP contribution is -2.50. The van der Waals surface area contributed by atoms with Gasteiger partial charge in [-0.2, -0.15) is 0 Å². The maximum Gasteiger partial charge on any atom is 0.318 e. The molecule has 1 aliphatic rings. The molecule has 1 fully saturated rings. The molecule has 1 aliphatic carbocycles. The molecule has 0 aliphatic heterocycles. The molecule has 0 aromatic rings. The first-order chi connectivity index (χ1) is 7.40. The van der Waals surface area contributed by atoms with E-state index < -0.39 is 6.03 Å². The quantitative estimate of drug-likeness (QED) is 0.588. The summed E-state index contributed by atoms with van der Waals surface area (Å²) < 4.78 is 0. The third kappa shape index (κ3) is 3.46. The summed E-state index contributed by atoms with van der Waals surface area (Å²) in [5.41, 5.74) is 10.6. The molecule has 0 spiro atoms. The van der Waals surface area contributed by atoms with Crippen molar-refractivity contribution < 1.29 is 9.59 Å². The molecule has 0 saturated heterocycles. The molecule has 0 aromatic carbocycles. The van der Waals surface area contributed by atoms with E-state index >= 15 is 0 Å². The second-order valence-corrected chi connectivity index (χ2v) is 4.57. The van der Waals surface area contributed by atoms with Crippen LogP contribution in [0.15, 0.2) is 0 Å². The molecule has 16 heavy (non-hydrogen) atoms. The molecule has 6 heteroatoms. The molecule has 1 unspecified atom stereocenters. The Morgan fingerprint density at radius 1 is 1.50 bits per heavy atom. The fourth-order valence-electron chi connectivity index (χ4n) is 1.93. The zero-order chi connectivity index (χ0) is 12.3. The highest BCUT2D eigenvalue weighted by atomic mass is 16.2. The Balaban J connectivity index is 2.32. The average molecular weight is 228 g/mol. The molecule has 92 valence electrons. The van der Waals surface area contributed by atoms with E-state index in [1.54, 1.807) is 6.92 Å². The number of carbonyl (C=O) groups is 2. The van der Waals surface area contributed by atoms with Crippen LogP contribution in [0.2, 0.25) is 0 Å². The van der Waals surface area contributed by atoms with Crippen molar-refractivity contribution in [2.45, 2.75) is 31.8 Å². The number of nitrogens with zero attached hydrogens (tertiary/aromatic N) is 1. The molecule has 1 atom stereocenters. The van der Waals surface area contributed by atoms with Gasteiger partial charge in [0.15, 0.2) is 0 Å². The molecule has 0 aromatic heterocycles.